The van der Waals surface area contributed by atoms with Crippen LogP contribution in [0.25, 0.3) is 0 Å². The van der Waals surface area contributed by atoms with Crippen LogP contribution < -0.4 is 5.32 Å². The first-order chi connectivity index (χ1) is 8.52. The lowest BCUT2D eigenvalue weighted by atomic mass is 9.98. The molecule has 0 aromatic rings. The molecule has 2 nitrogen and oxygen atoms in total. The van der Waals surface area contributed by atoms with E-state index in [1.807, 2.05) is 0 Å². The Morgan fingerprint density at radius 2 is 1.89 bits per heavy atom. The third kappa shape index (κ3) is 5.71. The highest BCUT2D eigenvalue weighted by Crippen LogP contribution is 2.16. The van der Waals surface area contributed by atoms with Crippen molar-refractivity contribution in [2.45, 2.75) is 72.4 Å². The first-order valence-electron chi connectivity index (χ1n) is 8.00. The van der Waals surface area contributed by atoms with Gasteiger partial charge in [0.2, 0.25) is 0 Å². The molecule has 108 valence electrons. The molecule has 2 atom stereocenters. The van der Waals surface area contributed by atoms with Crippen molar-refractivity contribution < 1.29 is 0 Å². The zero-order chi connectivity index (χ0) is 13.5. The summed E-state index contributed by atoms with van der Waals surface area (Å²) in [7, 11) is 0. The van der Waals surface area contributed by atoms with Crippen LogP contribution >= 0.6 is 0 Å². The smallest absolute Gasteiger partial charge is 0.0218 e. The predicted octanol–water partition coefficient (Wildman–Crippen LogP) is 3.52. The molecular weight excluding hydrogens is 220 g/mol. The minimum absolute atomic E-state index is 0.715. The van der Waals surface area contributed by atoms with Gasteiger partial charge in [0.15, 0.2) is 0 Å². The van der Waals surface area contributed by atoms with Crippen LogP contribution in [0.4, 0.5) is 0 Å². The lowest BCUT2D eigenvalue weighted by Gasteiger charge is -2.41. The van der Waals surface area contributed by atoms with Crippen LogP contribution in [0.3, 0.4) is 0 Å². The molecule has 0 radical (unpaired) electrons. The van der Waals surface area contributed by atoms with E-state index in [0.29, 0.717) is 6.04 Å². The summed E-state index contributed by atoms with van der Waals surface area (Å²) in [4.78, 5) is 2.74. The van der Waals surface area contributed by atoms with Crippen molar-refractivity contribution in [1.82, 2.24) is 10.2 Å². The zero-order valence-electron chi connectivity index (χ0n) is 13.2. The van der Waals surface area contributed by atoms with E-state index in [9.17, 15) is 0 Å². The summed E-state index contributed by atoms with van der Waals surface area (Å²) in [6.07, 6.45) is 5.33. The second-order valence-electron chi connectivity index (χ2n) is 6.83. The van der Waals surface area contributed by atoms with Crippen molar-refractivity contribution in [3.63, 3.8) is 0 Å². The maximum atomic E-state index is 3.74. The van der Waals surface area contributed by atoms with Gasteiger partial charge < -0.3 is 5.32 Å². The number of nitrogens with one attached hydrogen (secondary N) is 1. The minimum atomic E-state index is 0.715. The molecule has 2 unspecified atom stereocenters. The average molecular weight is 254 g/mol. The Balaban J connectivity index is 2.38. The standard InChI is InChI=1S/C16H34N2/c1-6-16-11-17-15(10-14(4)5)12-18(16)9-7-8-13(2)3/h13-17H,6-12H2,1-5H3. The lowest BCUT2D eigenvalue weighted by molar-refractivity contribution is 0.115. The SMILES string of the molecule is CCC1CNC(CC(C)C)CN1CCCC(C)C. The van der Waals surface area contributed by atoms with E-state index >= 15 is 0 Å². The molecule has 18 heavy (non-hydrogen) atoms. The van der Waals surface area contributed by atoms with Gasteiger partial charge in [0.05, 0.1) is 0 Å². The Morgan fingerprint density at radius 1 is 1.17 bits per heavy atom. The monoisotopic (exact) mass is 254 g/mol. The Hall–Kier alpha value is -0.0800. The molecule has 1 aliphatic rings. The molecule has 1 rings (SSSR count). The molecule has 0 saturated carbocycles. The number of hydrogen-bond donors (Lipinski definition) is 1. The van der Waals surface area contributed by atoms with E-state index in [1.165, 1.54) is 45.3 Å². The van der Waals surface area contributed by atoms with Gasteiger partial charge in [0.1, 0.15) is 0 Å². The van der Waals surface area contributed by atoms with Crippen molar-refractivity contribution in [2.75, 3.05) is 19.6 Å². The third-order valence-corrected chi connectivity index (χ3v) is 4.07. The molecule has 0 amide bonds. The van der Waals surface area contributed by atoms with Gasteiger partial charge >= 0.3 is 0 Å². The summed E-state index contributed by atoms with van der Waals surface area (Å²) in [5.74, 6) is 1.65. The number of piperazine rings is 1. The maximum absolute atomic E-state index is 3.74. The highest BCUT2D eigenvalue weighted by atomic mass is 15.2. The summed E-state index contributed by atoms with van der Waals surface area (Å²) in [5, 5.41) is 3.74. The van der Waals surface area contributed by atoms with Gasteiger partial charge in [-0.15, -0.1) is 0 Å². The van der Waals surface area contributed by atoms with Crippen LogP contribution in [0.15, 0.2) is 0 Å². The minimum Gasteiger partial charge on any atom is -0.311 e. The molecule has 2 heteroatoms. The zero-order valence-corrected chi connectivity index (χ0v) is 13.2. The fourth-order valence-corrected chi connectivity index (χ4v) is 3.03. The van der Waals surface area contributed by atoms with Crippen LogP contribution in [0.2, 0.25) is 0 Å². The second kappa shape index (κ2) is 8.16. The lowest BCUT2D eigenvalue weighted by Crippen LogP contribution is -2.56. The molecule has 1 saturated heterocycles. The number of hydrogen-bond acceptors (Lipinski definition) is 2. The molecule has 1 N–H and O–H groups in total. The average Bonchev–Trinajstić information content (AvgIpc) is 2.28. The first-order valence-corrected chi connectivity index (χ1v) is 8.00. The van der Waals surface area contributed by atoms with Gasteiger partial charge in [-0.1, -0.05) is 34.6 Å². The van der Waals surface area contributed by atoms with Crippen molar-refractivity contribution in [3.05, 3.63) is 0 Å². The Morgan fingerprint density at radius 3 is 2.44 bits per heavy atom. The van der Waals surface area contributed by atoms with E-state index in [0.717, 1.165) is 17.9 Å². The van der Waals surface area contributed by atoms with Crippen LogP contribution in [0.5, 0.6) is 0 Å². The van der Waals surface area contributed by atoms with E-state index in [2.05, 4.69) is 44.8 Å². The van der Waals surface area contributed by atoms with Gasteiger partial charge in [-0.05, 0) is 44.1 Å². The van der Waals surface area contributed by atoms with E-state index in [-0.39, 0.29) is 0 Å². The molecule has 0 aromatic carbocycles. The van der Waals surface area contributed by atoms with Gasteiger partial charge in [0.25, 0.3) is 0 Å². The van der Waals surface area contributed by atoms with Crippen LogP contribution in [-0.2, 0) is 0 Å². The van der Waals surface area contributed by atoms with Crippen molar-refractivity contribution in [3.8, 4) is 0 Å². The highest BCUT2D eigenvalue weighted by molar-refractivity contribution is 4.85. The molecule has 1 aliphatic heterocycles. The van der Waals surface area contributed by atoms with Gasteiger partial charge in [-0.2, -0.15) is 0 Å². The fraction of sp³-hybridized carbons (Fsp3) is 1.00. The quantitative estimate of drug-likeness (QED) is 0.748. The topological polar surface area (TPSA) is 15.3 Å². The van der Waals surface area contributed by atoms with Gasteiger partial charge in [-0.25, -0.2) is 0 Å². The fourth-order valence-electron chi connectivity index (χ4n) is 3.03. The Labute approximate surface area is 115 Å². The van der Waals surface area contributed by atoms with Crippen molar-refractivity contribution in [1.29, 1.82) is 0 Å². The molecule has 1 heterocycles. The second-order valence-corrected chi connectivity index (χ2v) is 6.83. The molecule has 0 bridgehead atoms. The van der Waals surface area contributed by atoms with Crippen LogP contribution in [-0.4, -0.2) is 36.6 Å². The van der Waals surface area contributed by atoms with E-state index in [4.69, 9.17) is 0 Å². The van der Waals surface area contributed by atoms with E-state index in [1.54, 1.807) is 0 Å². The molecule has 1 fully saturated rings. The Bertz CT molecular complexity index is 213. The Kier molecular flexibility index (Phi) is 7.25. The van der Waals surface area contributed by atoms with E-state index < -0.39 is 0 Å². The normalized spacial score (nSPS) is 26.2. The highest BCUT2D eigenvalue weighted by Gasteiger charge is 2.26. The maximum Gasteiger partial charge on any atom is 0.0218 e. The van der Waals surface area contributed by atoms with Crippen LogP contribution in [0.1, 0.15) is 60.3 Å². The first kappa shape index (κ1) is 16.0. The number of rotatable bonds is 7. The van der Waals surface area contributed by atoms with Gasteiger partial charge in [-0.3, -0.25) is 4.90 Å². The summed E-state index contributed by atoms with van der Waals surface area (Å²) in [6, 6.07) is 1.48. The summed E-state index contributed by atoms with van der Waals surface area (Å²) >= 11 is 0. The third-order valence-electron chi connectivity index (χ3n) is 4.07. The summed E-state index contributed by atoms with van der Waals surface area (Å²) < 4.78 is 0. The largest absolute Gasteiger partial charge is 0.311 e. The van der Waals surface area contributed by atoms with Crippen LogP contribution in [0, 0.1) is 11.8 Å². The van der Waals surface area contributed by atoms with Crippen molar-refractivity contribution in [2.24, 2.45) is 11.8 Å². The predicted molar refractivity (Wildman–Crippen MR) is 81.0 cm³/mol. The van der Waals surface area contributed by atoms with Gasteiger partial charge in [0, 0.05) is 25.2 Å². The molecular formula is C16H34N2. The molecule has 0 aliphatic carbocycles. The molecule has 0 spiro atoms. The number of nitrogens with zero attached hydrogens (tertiary/aromatic N) is 1. The van der Waals surface area contributed by atoms with Crippen molar-refractivity contribution >= 4 is 0 Å². The summed E-state index contributed by atoms with van der Waals surface area (Å²) in [6.45, 7) is 15.4. The summed E-state index contributed by atoms with van der Waals surface area (Å²) in [5.41, 5.74) is 0. The molecule has 0 aromatic heterocycles.